The molecule has 1 atom stereocenters. The summed E-state index contributed by atoms with van der Waals surface area (Å²) in [7, 11) is 6.51. The summed E-state index contributed by atoms with van der Waals surface area (Å²) in [6.45, 7) is 4.72. The summed E-state index contributed by atoms with van der Waals surface area (Å²) in [5, 5.41) is 2.75. The molecule has 2 aromatic rings. The second-order valence-electron chi connectivity index (χ2n) is 11.1. The van der Waals surface area contributed by atoms with Gasteiger partial charge in [0.1, 0.15) is 0 Å². The van der Waals surface area contributed by atoms with Gasteiger partial charge in [-0.15, -0.1) is 0 Å². The third kappa shape index (κ3) is 8.24. The van der Waals surface area contributed by atoms with Gasteiger partial charge in [0.2, 0.25) is 5.91 Å². The largest absolute Gasteiger partial charge is 0.345 e. The van der Waals surface area contributed by atoms with Gasteiger partial charge in [-0.05, 0) is 48.4 Å². The Labute approximate surface area is 236 Å². The quantitative estimate of drug-likeness (QED) is 0.411. The Kier molecular flexibility index (Phi) is 10.6. The standard InChI is InChI=1S/C31H41N5O4/c1-21(2)17-22-11-9-12-23-18-25(32-29(22)23)20-36-16-10-13-24(30(36)39)19-27(37)26(33-31(40)35(5)6)14-7-8-15-28(38)34(3)4/h8-13,15-16,21,26H,7,14,17-20H2,1-6H3,(H,33,40)/b15-8+/t26-/m0/s1. The summed E-state index contributed by atoms with van der Waals surface area (Å²) in [4.78, 5) is 58.4. The number of aliphatic imine (C=N–C) groups is 1. The molecule has 9 heteroatoms. The highest BCUT2D eigenvalue weighted by Gasteiger charge is 2.23. The van der Waals surface area contributed by atoms with E-state index < -0.39 is 12.1 Å². The van der Waals surface area contributed by atoms with Crippen molar-refractivity contribution in [2.45, 2.75) is 58.5 Å². The van der Waals surface area contributed by atoms with Crippen molar-refractivity contribution in [3.63, 3.8) is 0 Å². The molecule has 1 aliphatic heterocycles. The van der Waals surface area contributed by atoms with Gasteiger partial charge in [-0.1, -0.05) is 44.2 Å². The summed E-state index contributed by atoms with van der Waals surface area (Å²) >= 11 is 0. The second kappa shape index (κ2) is 13.9. The molecule has 9 nitrogen and oxygen atoms in total. The van der Waals surface area contributed by atoms with E-state index in [2.05, 4.69) is 37.4 Å². The van der Waals surface area contributed by atoms with E-state index in [1.165, 1.54) is 27.0 Å². The maximum absolute atomic E-state index is 13.3. The van der Waals surface area contributed by atoms with E-state index in [9.17, 15) is 19.2 Å². The molecule has 0 unspecified atom stereocenters. The van der Waals surface area contributed by atoms with Crippen molar-refractivity contribution in [3.05, 3.63) is 75.7 Å². The number of nitrogens with one attached hydrogen (secondary N) is 1. The molecule has 0 saturated carbocycles. The highest BCUT2D eigenvalue weighted by Crippen LogP contribution is 2.32. The number of carbonyl (C=O) groups is 3. The van der Waals surface area contributed by atoms with Crippen molar-refractivity contribution in [2.75, 3.05) is 28.2 Å². The Morgan fingerprint density at radius 3 is 2.45 bits per heavy atom. The van der Waals surface area contributed by atoms with Crippen LogP contribution in [0.5, 0.6) is 0 Å². The van der Waals surface area contributed by atoms with Gasteiger partial charge in [0.15, 0.2) is 5.78 Å². The van der Waals surface area contributed by atoms with Gasteiger partial charge < -0.3 is 19.7 Å². The number of likely N-dealkylation sites (N-methyl/N-ethyl adjacent to an activating group) is 1. The van der Waals surface area contributed by atoms with Crippen LogP contribution in [-0.2, 0) is 35.4 Å². The van der Waals surface area contributed by atoms with Crippen LogP contribution in [0.4, 0.5) is 10.5 Å². The normalized spacial score (nSPS) is 13.2. The van der Waals surface area contributed by atoms with E-state index in [1.807, 2.05) is 0 Å². The van der Waals surface area contributed by atoms with Crippen LogP contribution in [0.1, 0.15) is 43.4 Å². The molecule has 0 aliphatic carbocycles. The van der Waals surface area contributed by atoms with Crippen LogP contribution in [0.25, 0.3) is 0 Å². The lowest BCUT2D eigenvalue weighted by molar-refractivity contribution is -0.123. The molecule has 1 N–H and O–H groups in total. The number of fused-ring (bicyclic) bond motifs is 1. The van der Waals surface area contributed by atoms with E-state index in [4.69, 9.17) is 4.99 Å². The number of rotatable bonds is 12. The van der Waals surface area contributed by atoms with Crippen molar-refractivity contribution in [1.29, 1.82) is 0 Å². The van der Waals surface area contributed by atoms with Crippen LogP contribution in [0.3, 0.4) is 0 Å². The lowest BCUT2D eigenvalue weighted by atomic mass is 9.98. The third-order valence-electron chi connectivity index (χ3n) is 6.73. The molecular formula is C31H41N5O4. The smallest absolute Gasteiger partial charge is 0.317 e. The fourth-order valence-electron chi connectivity index (χ4n) is 4.59. The van der Waals surface area contributed by atoms with Crippen LogP contribution < -0.4 is 10.9 Å². The lowest BCUT2D eigenvalue weighted by Gasteiger charge is -2.20. The van der Waals surface area contributed by atoms with Gasteiger partial charge in [-0.3, -0.25) is 19.4 Å². The molecule has 0 bridgehead atoms. The number of pyridine rings is 1. The number of allylic oxidation sites excluding steroid dienone is 1. The molecule has 1 aromatic carbocycles. The topological polar surface area (TPSA) is 104 Å². The Morgan fingerprint density at radius 2 is 1.77 bits per heavy atom. The van der Waals surface area contributed by atoms with Crippen LogP contribution in [0.15, 0.2) is 58.5 Å². The number of hydrogen-bond donors (Lipinski definition) is 1. The maximum Gasteiger partial charge on any atom is 0.317 e. The summed E-state index contributed by atoms with van der Waals surface area (Å²) in [5.74, 6) is 0.1000. The number of carbonyl (C=O) groups excluding carboxylic acids is 3. The van der Waals surface area contributed by atoms with Crippen molar-refractivity contribution < 1.29 is 14.4 Å². The molecular weight excluding hydrogens is 506 g/mol. The first-order chi connectivity index (χ1) is 19.0. The van der Waals surface area contributed by atoms with Crippen molar-refractivity contribution >= 4 is 29.1 Å². The predicted octanol–water partition coefficient (Wildman–Crippen LogP) is 3.55. The van der Waals surface area contributed by atoms with Gasteiger partial charge in [-0.2, -0.15) is 0 Å². The number of ketones is 1. The number of aromatic nitrogens is 1. The highest BCUT2D eigenvalue weighted by molar-refractivity contribution is 5.94. The molecule has 2 heterocycles. The summed E-state index contributed by atoms with van der Waals surface area (Å²) in [5.41, 5.74) is 4.45. The van der Waals surface area contributed by atoms with E-state index >= 15 is 0 Å². The van der Waals surface area contributed by atoms with E-state index in [0.29, 0.717) is 37.3 Å². The van der Waals surface area contributed by atoms with Crippen LogP contribution in [0.2, 0.25) is 0 Å². The minimum absolute atomic E-state index is 0.108. The summed E-state index contributed by atoms with van der Waals surface area (Å²) in [6, 6.07) is 8.49. The predicted molar refractivity (Wildman–Crippen MR) is 158 cm³/mol. The molecule has 0 spiro atoms. The summed E-state index contributed by atoms with van der Waals surface area (Å²) in [6.07, 6.45) is 7.11. The maximum atomic E-state index is 13.3. The average Bonchev–Trinajstić information content (AvgIpc) is 3.31. The van der Waals surface area contributed by atoms with E-state index in [-0.39, 0.29) is 23.7 Å². The Hall–Kier alpha value is -4.01. The number of nitrogens with zero attached hydrogens (tertiary/aromatic N) is 4. The molecule has 1 aromatic heterocycles. The zero-order valence-electron chi connectivity index (χ0n) is 24.4. The number of urea groups is 1. The second-order valence-corrected chi connectivity index (χ2v) is 11.1. The van der Waals surface area contributed by atoms with Crippen molar-refractivity contribution in [1.82, 2.24) is 19.7 Å². The highest BCUT2D eigenvalue weighted by atomic mass is 16.2. The molecule has 0 saturated heterocycles. The lowest BCUT2D eigenvalue weighted by Crippen LogP contribution is -2.46. The zero-order valence-corrected chi connectivity index (χ0v) is 24.4. The zero-order chi connectivity index (χ0) is 29.4. The van der Waals surface area contributed by atoms with E-state index in [1.54, 1.807) is 57.2 Å². The van der Waals surface area contributed by atoms with Crippen molar-refractivity contribution in [2.24, 2.45) is 10.9 Å². The Morgan fingerprint density at radius 1 is 1.05 bits per heavy atom. The minimum atomic E-state index is -0.796. The number of para-hydroxylation sites is 1. The fraction of sp³-hybridized carbons (Fsp3) is 0.452. The molecule has 214 valence electrons. The number of benzene rings is 1. The Bertz CT molecular complexity index is 1350. The minimum Gasteiger partial charge on any atom is -0.345 e. The average molecular weight is 548 g/mol. The summed E-state index contributed by atoms with van der Waals surface area (Å²) < 4.78 is 1.60. The van der Waals surface area contributed by atoms with Gasteiger partial charge in [0.05, 0.1) is 18.3 Å². The molecule has 3 rings (SSSR count). The number of hydrogen-bond acceptors (Lipinski definition) is 5. The molecule has 40 heavy (non-hydrogen) atoms. The van der Waals surface area contributed by atoms with Crippen LogP contribution in [0, 0.1) is 5.92 Å². The first kappa shape index (κ1) is 30.5. The van der Waals surface area contributed by atoms with Crippen molar-refractivity contribution in [3.8, 4) is 0 Å². The third-order valence-corrected chi connectivity index (χ3v) is 6.73. The van der Waals surface area contributed by atoms with Gasteiger partial charge in [-0.25, -0.2) is 4.79 Å². The monoisotopic (exact) mass is 547 g/mol. The van der Waals surface area contributed by atoms with Crippen LogP contribution >= 0.6 is 0 Å². The van der Waals surface area contributed by atoms with Gasteiger partial charge in [0.25, 0.3) is 5.56 Å². The molecule has 1 aliphatic rings. The fourth-order valence-corrected chi connectivity index (χ4v) is 4.59. The Balaban J connectivity index is 1.73. The first-order valence-corrected chi connectivity index (χ1v) is 13.7. The van der Waals surface area contributed by atoms with Crippen LogP contribution in [-0.4, -0.2) is 72.0 Å². The first-order valence-electron chi connectivity index (χ1n) is 13.7. The number of amides is 3. The molecule has 0 fully saturated rings. The van der Waals surface area contributed by atoms with Gasteiger partial charge >= 0.3 is 6.03 Å². The number of Topliss-reactive ketones (excluding diaryl/α,β-unsaturated/α-hetero) is 1. The SMILES string of the molecule is CC(C)Cc1cccc2c1N=C(Cn1cccc(CC(=O)[C@H](CC/C=C/C(=O)N(C)C)NC(=O)N(C)C)c1=O)C2. The molecule has 0 radical (unpaired) electrons. The van der Waals surface area contributed by atoms with E-state index in [0.717, 1.165) is 17.8 Å². The van der Waals surface area contributed by atoms with Gasteiger partial charge in [0, 0.05) is 58.5 Å². The molecule has 3 amide bonds.